The Bertz CT molecular complexity index is 179. The van der Waals surface area contributed by atoms with E-state index in [1.54, 1.807) is 0 Å². The third-order valence-electron chi connectivity index (χ3n) is 1.90. The maximum atomic E-state index is 9.46. The zero-order valence-electron chi connectivity index (χ0n) is 8.09. The molecule has 1 heterocycles. The summed E-state index contributed by atoms with van der Waals surface area (Å²) in [4.78, 5) is 2.04. The molecule has 2 N–H and O–H groups in total. The SMILES string of the molecule is C=C(NC(C)C)N1CC(C)(O)C1. The molecule has 70 valence electrons. The van der Waals surface area contributed by atoms with Crippen LogP contribution < -0.4 is 5.32 Å². The minimum atomic E-state index is -0.512. The normalized spacial score (nSPS) is 20.6. The molecule has 3 heteroatoms. The first-order chi connectivity index (χ1) is 5.41. The summed E-state index contributed by atoms with van der Waals surface area (Å²) in [7, 11) is 0. The van der Waals surface area contributed by atoms with E-state index in [9.17, 15) is 5.11 Å². The van der Waals surface area contributed by atoms with Gasteiger partial charge in [-0.05, 0) is 20.8 Å². The van der Waals surface area contributed by atoms with Crippen molar-refractivity contribution in [2.45, 2.75) is 32.4 Å². The summed E-state index contributed by atoms with van der Waals surface area (Å²) in [6, 6.07) is 0.406. The van der Waals surface area contributed by atoms with Crippen molar-refractivity contribution in [3.8, 4) is 0 Å². The lowest BCUT2D eigenvalue weighted by atomic mass is 9.97. The summed E-state index contributed by atoms with van der Waals surface area (Å²) in [6.45, 7) is 11.2. The van der Waals surface area contributed by atoms with Crippen LogP contribution in [0.25, 0.3) is 0 Å². The first kappa shape index (κ1) is 9.39. The van der Waals surface area contributed by atoms with Crippen LogP contribution >= 0.6 is 0 Å². The van der Waals surface area contributed by atoms with Gasteiger partial charge in [-0.1, -0.05) is 6.58 Å². The van der Waals surface area contributed by atoms with Gasteiger partial charge in [0.2, 0.25) is 0 Å². The average molecular weight is 170 g/mol. The van der Waals surface area contributed by atoms with Crippen molar-refractivity contribution in [2.24, 2.45) is 0 Å². The van der Waals surface area contributed by atoms with E-state index >= 15 is 0 Å². The number of hydrogen-bond acceptors (Lipinski definition) is 3. The molecule has 1 saturated heterocycles. The van der Waals surface area contributed by atoms with Crippen molar-refractivity contribution in [3.63, 3.8) is 0 Å². The van der Waals surface area contributed by atoms with E-state index in [1.807, 2.05) is 11.8 Å². The monoisotopic (exact) mass is 170 g/mol. The number of β-amino-alcohol motifs (C(OH)–C–C–N with tert-alkyl or cyclic N) is 1. The Kier molecular flexibility index (Phi) is 2.33. The Labute approximate surface area is 74.1 Å². The maximum absolute atomic E-state index is 9.46. The minimum absolute atomic E-state index is 0.406. The molecule has 0 spiro atoms. The molecule has 0 amide bonds. The molecule has 0 bridgehead atoms. The summed E-state index contributed by atoms with van der Waals surface area (Å²) in [6.07, 6.45) is 0. The summed E-state index contributed by atoms with van der Waals surface area (Å²) in [5.74, 6) is 0.913. The number of aliphatic hydroxyl groups is 1. The minimum Gasteiger partial charge on any atom is -0.386 e. The lowest BCUT2D eigenvalue weighted by Gasteiger charge is -2.46. The van der Waals surface area contributed by atoms with Gasteiger partial charge in [-0.25, -0.2) is 0 Å². The van der Waals surface area contributed by atoms with Gasteiger partial charge in [0, 0.05) is 19.1 Å². The smallest absolute Gasteiger partial charge is 0.0968 e. The summed E-state index contributed by atoms with van der Waals surface area (Å²) < 4.78 is 0. The Morgan fingerprint density at radius 3 is 2.42 bits per heavy atom. The number of hydrogen-bond donors (Lipinski definition) is 2. The van der Waals surface area contributed by atoms with Crippen LogP contribution in [0.4, 0.5) is 0 Å². The average Bonchev–Trinajstić information content (AvgIpc) is 1.80. The van der Waals surface area contributed by atoms with Crippen LogP contribution in [-0.4, -0.2) is 34.7 Å². The molecule has 0 atom stereocenters. The Balaban J connectivity index is 2.29. The van der Waals surface area contributed by atoms with Crippen molar-refractivity contribution in [1.29, 1.82) is 0 Å². The standard InChI is InChI=1S/C9H18N2O/c1-7(2)10-8(3)11-5-9(4,12)6-11/h7,10,12H,3,5-6H2,1-2,4H3. The molecule has 0 aromatic heterocycles. The number of nitrogens with one attached hydrogen (secondary N) is 1. The van der Waals surface area contributed by atoms with Crippen LogP contribution in [0.3, 0.4) is 0 Å². The van der Waals surface area contributed by atoms with E-state index in [4.69, 9.17) is 0 Å². The number of rotatable bonds is 3. The van der Waals surface area contributed by atoms with Gasteiger partial charge in [0.1, 0.15) is 0 Å². The molecule has 3 nitrogen and oxygen atoms in total. The third-order valence-corrected chi connectivity index (χ3v) is 1.90. The van der Waals surface area contributed by atoms with Crippen molar-refractivity contribution < 1.29 is 5.11 Å². The predicted octanol–water partition coefficient (Wildman–Crippen LogP) is 0.522. The van der Waals surface area contributed by atoms with Crippen molar-refractivity contribution >= 4 is 0 Å². The summed E-state index contributed by atoms with van der Waals surface area (Å²) in [5.41, 5.74) is -0.512. The van der Waals surface area contributed by atoms with Gasteiger partial charge in [0.05, 0.1) is 11.4 Å². The summed E-state index contributed by atoms with van der Waals surface area (Å²) >= 11 is 0. The molecule has 1 fully saturated rings. The second-order valence-corrected chi connectivity index (χ2v) is 4.10. The van der Waals surface area contributed by atoms with Crippen LogP contribution in [0.1, 0.15) is 20.8 Å². The molecule has 1 aliphatic heterocycles. The van der Waals surface area contributed by atoms with Crippen molar-refractivity contribution in [1.82, 2.24) is 10.2 Å². The second-order valence-electron chi connectivity index (χ2n) is 4.10. The zero-order valence-corrected chi connectivity index (χ0v) is 8.09. The van der Waals surface area contributed by atoms with Gasteiger partial charge < -0.3 is 15.3 Å². The molecular weight excluding hydrogens is 152 g/mol. The highest BCUT2D eigenvalue weighted by molar-refractivity contribution is 5.04. The molecule has 12 heavy (non-hydrogen) atoms. The predicted molar refractivity (Wildman–Crippen MR) is 49.6 cm³/mol. The Morgan fingerprint density at radius 1 is 1.58 bits per heavy atom. The highest BCUT2D eigenvalue weighted by Gasteiger charge is 2.37. The van der Waals surface area contributed by atoms with Crippen LogP contribution in [0, 0.1) is 0 Å². The van der Waals surface area contributed by atoms with Gasteiger partial charge in [0.25, 0.3) is 0 Å². The van der Waals surface area contributed by atoms with E-state index in [-0.39, 0.29) is 0 Å². The van der Waals surface area contributed by atoms with Crippen molar-refractivity contribution in [3.05, 3.63) is 12.4 Å². The van der Waals surface area contributed by atoms with Crippen LogP contribution in [0.15, 0.2) is 12.4 Å². The lowest BCUT2D eigenvalue weighted by Crippen LogP contribution is -2.60. The van der Waals surface area contributed by atoms with Crippen molar-refractivity contribution in [2.75, 3.05) is 13.1 Å². The highest BCUT2D eigenvalue weighted by Crippen LogP contribution is 2.22. The fourth-order valence-electron chi connectivity index (χ4n) is 1.39. The van der Waals surface area contributed by atoms with E-state index < -0.39 is 5.60 Å². The quantitative estimate of drug-likeness (QED) is 0.648. The first-order valence-corrected chi connectivity index (χ1v) is 4.33. The van der Waals surface area contributed by atoms with Gasteiger partial charge >= 0.3 is 0 Å². The largest absolute Gasteiger partial charge is 0.386 e. The first-order valence-electron chi connectivity index (χ1n) is 4.33. The Morgan fingerprint density at radius 2 is 2.08 bits per heavy atom. The number of nitrogens with zero attached hydrogens (tertiary/aromatic N) is 1. The molecule has 0 aromatic carbocycles. The van der Waals surface area contributed by atoms with E-state index in [0.29, 0.717) is 19.1 Å². The fraction of sp³-hybridized carbons (Fsp3) is 0.778. The molecule has 0 unspecified atom stereocenters. The van der Waals surface area contributed by atoms with Gasteiger partial charge in [-0.2, -0.15) is 0 Å². The molecule has 0 saturated carbocycles. The zero-order chi connectivity index (χ0) is 9.35. The van der Waals surface area contributed by atoms with E-state index in [1.165, 1.54) is 0 Å². The highest BCUT2D eigenvalue weighted by atomic mass is 16.3. The summed E-state index contributed by atoms with van der Waals surface area (Å²) in [5, 5.41) is 12.7. The van der Waals surface area contributed by atoms with Gasteiger partial charge in [-0.15, -0.1) is 0 Å². The molecule has 0 aromatic rings. The van der Waals surface area contributed by atoms with Crippen LogP contribution in [-0.2, 0) is 0 Å². The lowest BCUT2D eigenvalue weighted by molar-refractivity contribution is -0.0696. The Hall–Kier alpha value is -0.700. The van der Waals surface area contributed by atoms with Crippen LogP contribution in [0.5, 0.6) is 0 Å². The van der Waals surface area contributed by atoms with E-state index in [0.717, 1.165) is 5.82 Å². The second kappa shape index (κ2) is 2.98. The van der Waals surface area contributed by atoms with Crippen LogP contribution in [0.2, 0.25) is 0 Å². The third kappa shape index (κ3) is 2.14. The molecule has 1 aliphatic rings. The molecule has 1 rings (SSSR count). The molecule has 0 radical (unpaired) electrons. The van der Waals surface area contributed by atoms with Gasteiger partial charge in [-0.3, -0.25) is 0 Å². The van der Waals surface area contributed by atoms with Gasteiger partial charge in [0.15, 0.2) is 0 Å². The fourth-order valence-corrected chi connectivity index (χ4v) is 1.39. The maximum Gasteiger partial charge on any atom is 0.0968 e. The topological polar surface area (TPSA) is 35.5 Å². The number of likely N-dealkylation sites (tertiary alicyclic amines) is 1. The molecular formula is C9H18N2O. The molecule has 0 aliphatic carbocycles. The van der Waals surface area contributed by atoms with E-state index in [2.05, 4.69) is 25.7 Å².